The first kappa shape index (κ1) is 15.7. The molecule has 0 bridgehead atoms. The fourth-order valence-electron chi connectivity index (χ4n) is 4.42. The van der Waals surface area contributed by atoms with Gasteiger partial charge in [0.25, 0.3) is 0 Å². The molecule has 1 heterocycles. The molecule has 2 aliphatic rings. The Morgan fingerprint density at radius 1 is 0.958 bits per heavy atom. The molecule has 0 amide bonds. The van der Waals surface area contributed by atoms with Gasteiger partial charge in [-0.15, -0.1) is 0 Å². The average molecular weight is 320 g/mol. The van der Waals surface area contributed by atoms with Crippen molar-refractivity contribution in [3.8, 4) is 0 Å². The van der Waals surface area contributed by atoms with E-state index in [0.29, 0.717) is 6.04 Å². The standard InChI is InChI=1S/C22H28N2/c1-16-9-10-21(17(2)13-16)24-12-11-23(15-18(24)3)22-14-20(22)19-7-5-4-6-8-19/h4-10,13,18,20,22H,11-12,14-15H2,1-3H3/t18?,20-,22+/m0/s1. The van der Waals surface area contributed by atoms with E-state index in [0.717, 1.165) is 18.5 Å². The minimum atomic E-state index is 0.581. The van der Waals surface area contributed by atoms with Gasteiger partial charge in [-0.05, 0) is 44.4 Å². The molecule has 0 spiro atoms. The van der Waals surface area contributed by atoms with E-state index in [2.05, 4.69) is 79.1 Å². The molecule has 1 saturated carbocycles. The second-order valence-corrected chi connectivity index (χ2v) is 7.65. The van der Waals surface area contributed by atoms with E-state index in [1.165, 1.54) is 41.9 Å². The molecule has 24 heavy (non-hydrogen) atoms. The Morgan fingerprint density at radius 2 is 1.75 bits per heavy atom. The Balaban J connectivity index is 1.42. The zero-order valence-electron chi connectivity index (χ0n) is 15.1. The van der Waals surface area contributed by atoms with Gasteiger partial charge < -0.3 is 4.90 Å². The van der Waals surface area contributed by atoms with E-state index in [1.54, 1.807) is 0 Å². The number of hydrogen-bond donors (Lipinski definition) is 0. The lowest BCUT2D eigenvalue weighted by molar-refractivity contribution is 0.216. The van der Waals surface area contributed by atoms with Gasteiger partial charge in [0.1, 0.15) is 0 Å². The van der Waals surface area contributed by atoms with Crippen molar-refractivity contribution >= 4 is 5.69 Å². The molecule has 4 rings (SSSR count). The van der Waals surface area contributed by atoms with E-state index in [4.69, 9.17) is 0 Å². The lowest BCUT2D eigenvalue weighted by Gasteiger charge is -2.42. The maximum atomic E-state index is 2.72. The largest absolute Gasteiger partial charge is 0.366 e. The van der Waals surface area contributed by atoms with Crippen molar-refractivity contribution in [3.05, 3.63) is 65.2 Å². The zero-order valence-corrected chi connectivity index (χ0v) is 15.1. The highest BCUT2D eigenvalue weighted by Crippen LogP contribution is 2.45. The number of hydrogen-bond acceptors (Lipinski definition) is 2. The molecule has 2 fully saturated rings. The third kappa shape index (κ3) is 2.95. The minimum absolute atomic E-state index is 0.581. The molecule has 2 aromatic carbocycles. The van der Waals surface area contributed by atoms with Crippen molar-refractivity contribution in [3.63, 3.8) is 0 Å². The van der Waals surface area contributed by atoms with Crippen molar-refractivity contribution in [2.75, 3.05) is 24.5 Å². The van der Waals surface area contributed by atoms with Gasteiger partial charge in [0.15, 0.2) is 0 Å². The highest BCUT2D eigenvalue weighted by atomic mass is 15.3. The predicted molar refractivity (Wildman–Crippen MR) is 102 cm³/mol. The second kappa shape index (κ2) is 6.25. The lowest BCUT2D eigenvalue weighted by atomic mass is 10.1. The van der Waals surface area contributed by atoms with Crippen molar-refractivity contribution in [2.45, 2.75) is 45.2 Å². The number of aryl methyl sites for hydroxylation is 2. The summed E-state index contributed by atoms with van der Waals surface area (Å²) in [6.07, 6.45) is 1.33. The highest BCUT2D eigenvalue weighted by Gasteiger charge is 2.44. The molecule has 2 nitrogen and oxygen atoms in total. The molecule has 2 aromatic rings. The van der Waals surface area contributed by atoms with Crippen LogP contribution in [0.5, 0.6) is 0 Å². The van der Waals surface area contributed by atoms with Crippen LogP contribution in [0, 0.1) is 13.8 Å². The Morgan fingerprint density at radius 3 is 2.46 bits per heavy atom. The number of benzene rings is 2. The predicted octanol–water partition coefficient (Wildman–Crippen LogP) is 4.37. The Kier molecular flexibility index (Phi) is 4.09. The van der Waals surface area contributed by atoms with Crippen LogP contribution in [0.3, 0.4) is 0 Å². The topological polar surface area (TPSA) is 6.48 Å². The highest BCUT2D eigenvalue weighted by molar-refractivity contribution is 5.55. The van der Waals surface area contributed by atoms with E-state index in [1.807, 2.05) is 0 Å². The van der Waals surface area contributed by atoms with Crippen LogP contribution in [-0.2, 0) is 0 Å². The number of rotatable bonds is 3. The van der Waals surface area contributed by atoms with E-state index in [9.17, 15) is 0 Å². The molecule has 1 unspecified atom stereocenters. The van der Waals surface area contributed by atoms with Crippen molar-refractivity contribution in [2.24, 2.45) is 0 Å². The fourth-order valence-corrected chi connectivity index (χ4v) is 4.42. The van der Waals surface area contributed by atoms with Crippen LogP contribution in [0.25, 0.3) is 0 Å². The van der Waals surface area contributed by atoms with E-state index < -0.39 is 0 Å². The fraction of sp³-hybridized carbons (Fsp3) is 0.455. The molecule has 1 saturated heterocycles. The lowest BCUT2D eigenvalue weighted by Crippen LogP contribution is -2.53. The molecular weight excluding hydrogens is 292 g/mol. The normalized spacial score (nSPS) is 27.3. The molecule has 0 radical (unpaired) electrons. The summed E-state index contributed by atoms with van der Waals surface area (Å²) in [6, 6.07) is 19.2. The molecule has 0 N–H and O–H groups in total. The van der Waals surface area contributed by atoms with Gasteiger partial charge in [-0.3, -0.25) is 4.90 Å². The quantitative estimate of drug-likeness (QED) is 0.828. The summed E-state index contributed by atoms with van der Waals surface area (Å²) in [5, 5.41) is 0. The van der Waals surface area contributed by atoms with Crippen LogP contribution in [0.4, 0.5) is 5.69 Å². The van der Waals surface area contributed by atoms with E-state index >= 15 is 0 Å². The summed E-state index contributed by atoms with van der Waals surface area (Å²) in [4.78, 5) is 5.33. The molecule has 1 aliphatic carbocycles. The summed E-state index contributed by atoms with van der Waals surface area (Å²) in [6.45, 7) is 10.3. The van der Waals surface area contributed by atoms with E-state index in [-0.39, 0.29) is 0 Å². The molecular formula is C22H28N2. The summed E-state index contributed by atoms with van der Waals surface area (Å²) in [7, 11) is 0. The minimum Gasteiger partial charge on any atom is -0.366 e. The number of piperazine rings is 1. The van der Waals surface area contributed by atoms with Crippen LogP contribution >= 0.6 is 0 Å². The third-order valence-corrected chi connectivity index (χ3v) is 5.77. The molecule has 0 aromatic heterocycles. The Bertz CT molecular complexity index is 709. The van der Waals surface area contributed by atoms with Crippen molar-refractivity contribution in [1.82, 2.24) is 4.90 Å². The monoisotopic (exact) mass is 320 g/mol. The van der Waals surface area contributed by atoms with Crippen LogP contribution < -0.4 is 4.90 Å². The van der Waals surface area contributed by atoms with Crippen LogP contribution in [-0.4, -0.2) is 36.6 Å². The SMILES string of the molecule is Cc1ccc(N2CCN([C@@H]3C[C@H]3c3ccccc3)CC2C)c(C)c1. The van der Waals surface area contributed by atoms with Crippen LogP contribution in [0.1, 0.15) is 36.0 Å². The Hall–Kier alpha value is -1.80. The number of nitrogens with zero attached hydrogens (tertiary/aromatic N) is 2. The summed E-state index contributed by atoms with van der Waals surface area (Å²) >= 11 is 0. The van der Waals surface area contributed by atoms with Gasteiger partial charge in [0, 0.05) is 43.3 Å². The van der Waals surface area contributed by atoms with Crippen LogP contribution in [0.2, 0.25) is 0 Å². The van der Waals surface area contributed by atoms with Crippen molar-refractivity contribution in [1.29, 1.82) is 0 Å². The van der Waals surface area contributed by atoms with Gasteiger partial charge in [0.05, 0.1) is 0 Å². The first-order chi connectivity index (χ1) is 11.6. The summed E-state index contributed by atoms with van der Waals surface area (Å²) in [5.41, 5.74) is 5.70. The molecule has 1 aliphatic heterocycles. The zero-order chi connectivity index (χ0) is 16.7. The maximum Gasteiger partial charge on any atom is 0.0399 e. The molecule has 126 valence electrons. The first-order valence-corrected chi connectivity index (χ1v) is 9.26. The van der Waals surface area contributed by atoms with Crippen molar-refractivity contribution < 1.29 is 0 Å². The average Bonchev–Trinajstić information content (AvgIpc) is 3.37. The molecule has 3 atom stereocenters. The first-order valence-electron chi connectivity index (χ1n) is 9.26. The summed E-state index contributed by atoms with van der Waals surface area (Å²) < 4.78 is 0. The Labute approximate surface area is 146 Å². The number of anilines is 1. The van der Waals surface area contributed by atoms with Gasteiger partial charge in [-0.25, -0.2) is 0 Å². The van der Waals surface area contributed by atoms with Crippen LogP contribution in [0.15, 0.2) is 48.5 Å². The third-order valence-electron chi connectivity index (χ3n) is 5.77. The van der Waals surface area contributed by atoms with Gasteiger partial charge in [-0.1, -0.05) is 48.0 Å². The second-order valence-electron chi connectivity index (χ2n) is 7.65. The molecule has 2 heteroatoms. The maximum absolute atomic E-state index is 2.72. The van der Waals surface area contributed by atoms with Gasteiger partial charge in [-0.2, -0.15) is 0 Å². The van der Waals surface area contributed by atoms with Gasteiger partial charge in [0.2, 0.25) is 0 Å². The smallest absolute Gasteiger partial charge is 0.0399 e. The summed E-state index contributed by atoms with van der Waals surface area (Å²) in [5.74, 6) is 0.756. The van der Waals surface area contributed by atoms with Gasteiger partial charge >= 0.3 is 0 Å².